The van der Waals surface area contributed by atoms with E-state index in [0.29, 0.717) is 11.5 Å². The van der Waals surface area contributed by atoms with Crippen LogP contribution < -0.4 is 5.56 Å². The Balaban J connectivity index is 2.23. The van der Waals surface area contributed by atoms with E-state index in [2.05, 4.69) is 33.7 Å². The van der Waals surface area contributed by atoms with E-state index >= 15 is 0 Å². The number of aliphatic imine (C=N–C) groups is 1. The monoisotopic (exact) mass is 314 g/mol. The lowest BCUT2D eigenvalue weighted by Gasteiger charge is -2.18. The molecule has 0 radical (unpaired) electrons. The van der Waals surface area contributed by atoms with Gasteiger partial charge in [0.2, 0.25) is 5.56 Å². The van der Waals surface area contributed by atoms with Gasteiger partial charge in [0.1, 0.15) is 5.65 Å². The number of aryl methyl sites for hydroxylation is 1. The second kappa shape index (κ2) is 8.46. The van der Waals surface area contributed by atoms with Gasteiger partial charge in [-0.05, 0) is 37.5 Å². The van der Waals surface area contributed by atoms with Crippen molar-refractivity contribution in [3.63, 3.8) is 0 Å². The molecule has 0 bridgehead atoms. The highest BCUT2D eigenvalue weighted by atomic mass is 16.1. The predicted octanol–water partition coefficient (Wildman–Crippen LogP) is 3.79. The molecule has 2 aromatic heterocycles. The predicted molar refractivity (Wildman–Crippen MR) is 96.6 cm³/mol. The maximum Gasteiger partial charge on any atom is 0.249 e. The molecular weight excluding hydrogens is 288 g/mol. The second-order valence-electron chi connectivity index (χ2n) is 5.88. The normalized spacial score (nSPS) is 11.4. The molecule has 5 nitrogen and oxygen atoms in total. The Morgan fingerprint density at radius 2 is 1.91 bits per heavy atom. The molecule has 1 N–H and O–H groups in total. The molecule has 124 valence electrons. The zero-order chi connectivity index (χ0) is 16.7. The minimum absolute atomic E-state index is 0.142. The summed E-state index contributed by atoms with van der Waals surface area (Å²) in [4.78, 5) is 25.5. The van der Waals surface area contributed by atoms with Gasteiger partial charge in [-0.1, -0.05) is 26.7 Å². The Morgan fingerprint density at radius 1 is 1.22 bits per heavy atom. The number of pyridine rings is 2. The molecule has 0 saturated carbocycles. The number of H-pyrrole nitrogens is 1. The average Bonchev–Trinajstić information content (AvgIpc) is 2.54. The molecule has 0 aromatic carbocycles. The Morgan fingerprint density at radius 3 is 2.57 bits per heavy atom. The Hall–Kier alpha value is -2.17. The van der Waals surface area contributed by atoms with E-state index in [9.17, 15) is 4.79 Å². The van der Waals surface area contributed by atoms with E-state index in [-0.39, 0.29) is 5.56 Å². The third-order valence-electron chi connectivity index (χ3n) is 3.81. The lowest BCUT2D eigenvalue weighted by Crippen LogP contribution is -2.24. The Labute approximate surface area is 137 Å². The summed E-state index contributed by atoms with van der Waals surface area (Å²) in [7, 11) is 0. The maximum absolute atomic E-state index is 11.4. The van der Waals surface area contributed by atoms with Crippen molar-refractivity contribution in [3.05, 3.63) is 34.1 Å². The van der Waals surface area contributed by atoms with Crippen LogP contribution in [0.2, 0.25) is 0 Å². The smallest absolute Gasteiger partial charge is 0.249 e. The molecule has 2 heterocycles. The lowest BCUT2D eigenvalue weighted by molar-refractivity contribution is 0.409. The van der Waals surface area contributed by atoms with Crippen molar-refractivity contribution in [1.29, 1.82) is 0 Å². The van der Waals surface area contributed by atoms with Crippen molar-refractivity contribution >= 4 is 23.2 Å². The number of aromatic nitrogens is 2. The van der Waals surface area contributed by atoms with Crippen LogP contribution in [0.15, 0.2) is 28.0 Å². The van der Waals surface area contributed by atoms with E-state index in [1.807, 2.05) is 19.3 Å². The average molecular weight is 314 g/mol. The fourth-order valence-corrected chi connectivity index (χ4v) is 2.39. The molecule has 2 aromatic rings. The minimum atomic E-state index is -0.142. The number of nitrogens with zero attached hydrogens (tertiary/aromatic N) is 3. The number of rotatable bonds is 8. The summed E-state index contributed by atoms with van der Waals surface area (Å²) in [5, 5.41) is 0.926. The number of unbranched alkanes of at least 4 members (excludes halogenated alkanes) is 2. The molecule has 0 aliphatic heterocycles. The summed E-state index contributed by atoms with van der Waals surface area (Å²) in [6.07, 6.45) is 6.56. The third-order valence-corrected chi connectivity index (χ3v) is 3.81. The summed E-state index contributed by atoms with van der Waals surface area (Å²) in [5.41, 5.74) is 1.45. The Kier molecular flexibility index (Phi) is 6.32. The van der Waals surface area contributed by atoms with Gasteiger partial charge in [-0.25, -0.2) is 9.98 Å². The van der Waals surface area contributed by atoms with Crippen molar-refractivity contribution in [3.8, 4) is 0 Å². The van der Waals surface area contributed by atoms with Crippen LogP contribution in [0.3, 0.4) is 0 Å². The van der Waals surface area contributed by atoms with Crippen molar-refractivity contribution < 1.29 is 0 Å². The van der Waals surface area contributed by atoms with E-state index in [0.717, 1.165) is 36.9 Å². The molecule has 0 saturated heterocycles. The maximum atomic E-state index is 11.4. The van der Waals surface area contributed by atoms with Gasteiger partial charge >= 0.3 is 0 Å². The number of nitrogens with one attached hydrogen (secondary N) is 1. The van der Waals surface area contributed by atoms with Crippen LogP contribution in [0.4, 0.5) is 5.82 Å². The molecule has 2 rings (SSSR count). The molecule has 0 fully saturated rings. The van der Waals surface area contributed by atoms with Crippen LogP contribution in [0.25, 0.3) is 11.0 Å². The van der Waals surface area contributed by atoms with E-state index in [1.165, 1.54) is 18.9 Å². The van der Waals surface area contributed by atoms with Gasteiger partial charge in [0.25, 0.3) is 0 Å². The quantitative estimate of drug-likeness (QED) is 0.595. The first-order chi connectivity index (χ1) is 11.1. The van der Waals surface area contributed by atoms with Crippen molar-refractivity contribution in [2.45, 2.75) is 46.5 Å². The largest absolute Gasteiger partial charge is 0.363 e. The molecular formula is C18H26N4O. The Bertz CT molecular complexity index is 713. The van der Waals surface area contributed by atoms with Gasteiger partial charge in [0.05, 0.1) is 6.34 Å². The number of hydrogen-bond donors (Lipinski definition) is 1. The molecule has 23 heavy (non-hydrogen) atoms. The molecule has 5 heteroatoms. The van der Waals surface area contributed by atoms with Crippen LogP contribution in [0.1, 0.15) is 45.1 Å². The van der Waals surface area contributed by atoms with Crippen molar-refractivity contribution in [2.75, 3.05) is 13.1 Å². The van der Waals surface area contributed by atoms with Crippen LogP contribution in [-0.4, -0.2) is 34.3 Å². The molecule has 0 amide bonds. The first kappa shape index (κ1) is 17.2. The SMILES string of the molecule is CCCCN(C=Nc1nc2[nH]c(=O)ccc2cc1C)CCCC. The summed E-state index contributed by atoms with van der Waals surface area (Å²) in [5.74, 6) is 0.664. The van der Waals surface area contributed by atoms with Crippen molar-refractivity contribution in [2.24, 2.45) is 4.99 Å². The van der Waals surface area contributed by atoms with Gasteiger partial charge < -0.3 is 9.88 Å². The van der Waals surface area contributed by atoms with E-state index < -0.39 is 0 Å². The van der Waals surface area contributed by atoms with Crippen LogP contribution in [0.5, 0.6) is 0 Å². The highest BCUT2D eigenvalue weighted by Crippen LogP contribution is 2.19. The van der Waals surface area contributed by atoms with E-state index in [1.54, 1.807) is 6.07 Å². The molecule has 0 aliphatic carbocycles. The summed E-state index contributed by atoms with van der Waals surface area (Å²) in [6, 6.07) is 5.31. The minimum Gasteiger partial charge on any atom is -0.363 e. The third kappa shape index (κ3) is 4.91. The van der Waals surface area contributed by atoms with Gasteiger partial charge in [0, 0.05) is 24.5 Å². The van der Waals surface area contributed by atoms with Crippen LogP contribution in [0, 0.1) is 6.92 Å². The number of aromatic amines is 1. The van der Waals surface area contributed by atoms with Gasteiger partial charge in [-0.3, -0.25) is 4.79 Å². The highest BCUT2D eigenvalue weighted by molar-refractivity contribution is 5.78. The standard InChI is InChI=1S/C18H26N4O/c1-4-6-10-22(11-7-5-2)13-19-17-14(3)12-15-8-9-16(23)20-18(15)21-17/h8-9,12-13H,4-7,10-11H2,1-3H3,(H,20,21,23). The lowest BCUT2D eigenvalue weighted by atomic mass is 10.2. The molecule has 0 atom stereocenters. The summed E-state index contributed by atoms with van der Waals surface area (Å²) >= 11 is 0. The zero-order valence-corrected chi connectivity index (χ0v) is 14.3. The summed E-state index contributed by atoms with van der Waals surface area (Å²) in [6.45, 7) is 8.42. The molecule has 0 unspecified atom stereocenters. The first-order valence-corrected chi connectivity index (χ1v) is 8.43. The van der Waals surface area contributed by atoms with Gasteiger partial charge in [-0.15, -0.1) is 0 Å². The van der Waals surface area contributed by atoms with Crippen LogP contribution >= 0.6 is 0 Å². The van der Waals surface area contributed by atoms with Gasteiger partial charge in [0.15, 0.2) is 5.82 Å². The van der Waals surface area contributed by atoms with Gasteiger partial charge in [-0.2, -0.15) is 0 Å². The van der Waals surface area contributed by atoms with E-state index in [4.69, 9.17) is 0 Å². The zero-order valence-electron chi connectivity index (χ0n) is 14.3. The first-order valence-electron chi connectivity index (χ1n) is 8.43. The number of hydrogen-bond acceptors (Lipinski definition) is 3. The second-order valence-corrected chi connectivity index (χ2v) is 5.88. The fraction of sp³-hybridized carbons (Fsp3) is 0.500. The molecule has 0 aliphatic rings. The molecule has 0 spiro atoms. The van der Waals surface area contributed by atoms with Crippen molar-refractivity contribution in [1.82, 2.24) is 14.9 Å². The highest BCUT2D eigenvalue weighted by Gasteiger charge is 2.04. The number of fused-ring (bicyclic) bond motifs is 1. The van der Waals surface area contributed by atoms with Crippen LogP contribution in [-0.2, 0) is 0 Å². The topological polar surface area (TPSA) is 61.4 Å². The summed E-state index contributed by atoms with van der Waals surface area (Å²) < 4.78 is 0. The fourth-order valence-electron chi connectivity index (χ4n) is 2.39.